The first-order valence-corrected chi connectivity index (χ1v) is 5.51. The summed E-state index contributed by atoms with van der Waals surface area (Å²) in [6.45, 7) is 6.31. The summed E-state index contributed by atoms with van der Waals surface area (Å²) < 4.78 is 5.11. The van der Waals surface area contributed by atoms with Crippen LogP contribution in [0.3, 0.4) is 0 Å². The number of halogens is 1. The van der Waals surface area contributed by atoms with E-state index in [9.17, 15) is 4.79 Å². The smallest absolute Gasteiger partial charge is 0.257 e. The minimum atomic E-state index is -0.0255. The molecule has 0 aliphatic carbocycles. The molecule has 84 valence electrons. The van der Waals surface area contributed by atoms with Crippen molar-refractivity contribution in [1.82, 2.24) is 4.90 Å². The summed E-state index contributed by atoms with van der Waals surface area (Å²) in [6.07, 6.45) is 1.49. The van der Waals surface area contributed by atoms with Gasteiger partial charge in [-0.2, -0.15) is 0 Å². The van der Waals surface area contributed by atoms with Crippen LogP contribution in [-0.4, -0.2) is 29.3 Å². The van der Waals surface area contributed by atoms with E-state index in [4.69, 9.17) is 16.0 Å². The lowest BCUT2D eigenvalue weighted by molar-refractivity contribution is 0.0717. The van der Waals surface area contributed by atoms with E-state index in [0.717, 1.165) is 5.76 Å². The number of rotatable bonds is 4. The van der Waals surface area contributed by atoms with Crippen LogP contribution in [0.4, 0.5) is 0 Å². The predicted octanol–water partition coefficient (Wildman–Crippen LogP) is 2.68. The largest absolute Gasteiger partial charge is 0.469 e. The first kappa shape index (κ1) is 12.1. The molecule has 1 aromatic rings. The highest BCUT2D eigenvalue weighted by Crippen LogP contribution is 2.12. The van der Waals surface area contributed by atoms with Gasteiger partial charge in [0.2, 0.25) is 0 Å². The maximum absolute atomic E-state index is 12.0. The fourth-order valence-electron chi connectivity index (χ4n) is 1.41. The van der Waals surface area contributed by atoms with Crippen LogP contribution in [0, 0.1) is 6.92 Å². The summed E-state index contributed by atoms with van der Waals surface area (Å²) in [5, 5.41) is 0. The van der Waals surface area contributed by atoms with E-state index in [1.54, 1.807) is 11.0 Å². The van der Waals surface area contributed by atoms with Crippen LogP contribution in [0.5, 0.6) is 0 Å². The third kappa shape index (κ3) is 2.99. The zero-order chi connectivity index (χ0) is 11.4. The molecule has 0 unspecified atom stereocenters. The predicted molar refractivity (Wildman–Crippen MR) is 60.3 cm³/mol. The second-order valence-electron chi connectivity index (χ2n) is 3.73. The molecule has 0 atom stereocenters. The highest BCUT2D eigenvalue weighted by molar-refractivity contribution is 6.18. The summed E-state index contributed by atoms with van der Waals surface area (Å²) in [4.78, 5) is 13.7. The number of carbonyl (C=O) groups is 1. The van der Waals surface area contributed by atoms with Gasteiger partial charge in [-0.3, -0.25) is 4.79 Å². The van der Waals surface area contributed by atoms with Crippen LogP contribution in [0.2, 0.25) is 0 Å². The highest BCUT2D eigenvalue weighted by atomic mass is 35.5. The van der Waals surface area contributed by atoms with Crippen molar-refractivity contribution in [3.05, 3.63) is 23.7 Å². The van der Waals surface area contributed by atoms with Gasteiger partial charge < -0.3 is 9.32 Å². The zero-order valence-corrected chi connectivity index (χ0v) is 10.0. The molecule has 1 aromatic heterocycles. The van der Waals surface area contributed by atoms with Crippen LogP contribution in [0.25, 0.3) is 0 Å². The van der Waals surface area contributed by atoms with E-state index < -0.39 is 0 Å². The topological polar surface area (TPSA) is 33.5 Å². The van der Waals surface area contributed by atoms with Gasteiger partial charge in [0.1, 0.15) is 12.0 Å². The molecule has 1 amide bonds. The molecular weight excluding hydrogens is 214 g/mol. The van der Waals surface area contributed by atoms with E-state index in [1.807, 2.05) is 20.8 Å². The molecule has 1 heterocycles. The third-order valence-electron chi connectivity index (χ3n) is 2.19. The Morgan fingerprint density at radius 1 is 1.60 bits per heavy atom. The molecule has 0 aliphatic heterocycles. The normalized spacial score (nSPS) is 10.7. The quantitative estimate of drug-likeness (QED) is 0.744. The summed E-state index contributed by atoms with van der Waals surface area (Å²) in [6, 6.07) is 1.89. The van der Waals surface area contributed by atoms with Crippen molar-refractivity contribution < 1.29 is 9.21 Å². The van der Waals surface area contributed by atoms with Crippen LogP contribution in [0.15, 0.2) is 16.7 Å². The van der Waals surface area contributed by atoms with Gasteiger partial charge in [0.25, 0.3) is 5.91 Å². The molecule has 4 heteroatoms. The summed E-state index contributed by atoms with van der Waals surface area (Å²) in [5.74, 6) is 1.16. The molecule has 0 saturated carbocycles. The number of amides is 1. The molecule has 0 fully saturated rings. The van der Waals surface area contributed by atoms with Gasteiger partial charge >= 0.3 is 0 Å². The first-order valence-electron chi connectivity index (χ1n) is 4.98. The number of aryl methyl sites for hydroxylation is 1. The van der Waals surface area contributed by atoms with Crippen molar-refractivity contribution in [2.75, 3.05) is 12.4 Å². The minimum absolute atomic E-state index is 0.0255. The van der Waals surface area contributed by atoms with Crippen molar-refractivity contribution in [2.45, 2.75) is 26.8 Å². The highest BCUT2D eigenvalue weighted by Gasteiger charge is 2.19. The number of nitrogens with zero attached hydrogens (tertiary/aromatic N) is 1. The van der Waals surface area contributed by atoms with E-state index >= 15 is 0 Å². The third-order valence-corrected chi connectivity index (χ3v) is 2.36. The SMILES string of the molecule is Cc1cc(C(=O)N(CCCl)C(C)C)co1. The summed E-state index contributed by atoms with van der Waals surface area (Å²) >= 11 is 5.66. The zero-order valence-electron chi connectivity index (χ0n) is 9.29. The number of carbonyl (C=O) groups excluding carboxylic acids is 1. The molecule has 0 aliphatic rings. The van der Waals surface area contributed by atoms with Crippen molar-refractivity contribution in [3.8, 4) is 0 Å². The molecule has 0 spiro atoms. The maximum Gasteiger partial charge on any atom is 0.257 e. The summed E-state index contributed by atoms with van der Waals surface area (Å²) in [5.41, 5.74) is 0.589. The van der Waals surface area contributed by atoms with E-state index in [2.05, 4.69) is 0 Å². The number of hydrogen-bond acceptors (Lipinski definition) is 2. The Morgan fingerprint density at radius 2 is 2.27 bits per heavy atom. The van der Waals surface area contributed by atoms with Crippen molar-refractivity contribution >= 4 is 17.5 Å². The lowest BCUT2D eigenvalue weighted by atomic mass is 10.2. The summed E-state index contributed by atoms with van der Waals surface area (Å²) in [7, 11) is 0. The molecule has 0 aromatic carbocycles. The van der Waals surface area contributed by atoms with Gasteiger partial charge in [-0.15, -0.1) is 11.6 Å². The fraction of sp³-hybridized carbons (Fsp3) is 0.545. The number of alkyl halides is 1. The average molecular weight is 230 g/mol. The van der Waals surface area contributed by atoms with Crippen LogP contribution >= 0.6 is 11.6 Å². The molecule has 1 rings (SSSR count). The molecule has 3 nitrogen and oxygen atoms in total. The number of hydrogen-bond donors (Lipinski definition) is 0. The Labute approximate surface area is 95.0 Å². The Bertz CT molecular complexity index is 333. The van der Waals surface area contributed by atoms with Crippen molar-refractivity contribution in [1.29, 1.82) is 0 Å². The van der Waals surface area contributed by atoms with Gasteiger partial charge in [0.15, 0.2) is 0 Å². The van der Waals surface area contributed by atoms with E-state index in [0.29, 0.717) is 18.0 Å². The molecule has 0 N–H and O–H groups in total. The monoisotopic (exact) mass is 229 g/mol. The Kier molecular flexibility index (Phi) is 4.21. The van der Waals surface area contributed by atoms with Gasteiger partial charge in [-0.05, 0) is 26.8 Å². The Balaban J connectivity index is 2.80. The Hall–Kier alpha value is -0.960. The second-order valence-corrected chi connectivity index (χ2v) is 4.11. The fourth-order valence-corrected chi connectivity index (χ4v) is 1.59. The molecule has 15 heavy (non-hydrogen) atoms. The van der Waals surface area contributed by atoms with Crippen molar-refractivity contribution in [3.63, 3.8) is 0 Å². The van der Waals surface area contributed by atoms with Gasteiger partial charge in [-0.25, -0.2) is 0 Å². The molecule has 0 bridgehead atoms. The minimum Gasteiger partial charge on any atom is -0.469 e. The lowest BCUT2D eigenvalue weighted by Crippen LogP contribution is -2.38. The van der Waals surface area contributed by atoms with Gasteiger partial charge in [-0.1, -0.05) is 0 Å². The van der Waals surface area contributed by atoms with Gasteiger partial charge in [0.05, 0.1) is 5.56 Å². The lowest BCUT2D eigenvalue weighted by Gasteiger charge is -2.25. The second kappa shape index (κ2) is 5.21. The average Bonchev–Trinajstić information content (AvgIpc) is 2.59. The maximum atomic E-state index is 12.0. The van der Waals surface area contributed by atoms with E-state index in [-0.39, 0.29) is 11.9 Å². The first-order chi connectivity index (χ1) is 7.06. The van der Waals surface area contributed by atoms with E-state index in [1.165, 1.54) is 6.26 Å². The van der Waals surface area contributed by atoms with Gasteiger partial charge in [0, 0.05) is 18.5 Å². The molecule has 0 radical (unpaired) electrons. The van der Waals surface area contributed by atoms with Crippen LogP contribution < -0.4 is 0 Å². The number of furan rings is 1. The van der Waals surface area contributed by atoms with Crippen LogP contribution in [0.1, 0.15) is 30.0 Å². The standard InChI is InChI=1S/C11H16ClNO2/c1-8(2)13(5-4-12)11(14)10-6-9(3)15-7-10/h6-8H,4-5H2,1-3H3. The van der Waals surface area contributed by atoms with Crippen LogP contribution in [-0.2, 0) is 0 Å². The molecular formula is C11H16ClNO2. The molecule has 0 saturated heterocycles. The Morgan fingerprint density at radius 3 is 2.67 bits per heavy atom. The van der Waals surface area contributed by atoms with Crippen molar-refractivity contribution in [2.24, 2.45) is 0 Å².